The Balaban J connectivity index is 2.19. The van der Waals surface area contributed by atoms with Crippen LogP contribution in [0, 0.1) is 23.7 Å². The van der Waals surface area contributed by atoms with Crippen molar-refractivity contribution in [1.82, 2.24) is 25.3 Å². The number of methoxy groups -OCH3 is 2. The number of nitrogens with one attached hydrogen (secondary N) is 2. The summed E-state index contributed by atoms with van der Waals surface area (Å²) in [6, 6.07) is 5.51. The first-order valence-electron chi connectivity index (χ1n) is 19.4. The molecule has 4 amide bonds. The Morgan fingerprint density at radius 2 is 1.53 bits per heavy atom. The average molecular weight is 744 g/mol. The number of likely N-dealkylation sites (N-methyl/N-ethyl adjacent to an activating group) is 2. The van der Waals surface area contributed by atoms with Crippen LogP contribution in [0.5, 0.6) is 0 Å². The maximum Gasteiger partial charge on any atom is 0.245 e. The molecule has 0 radical (unpaired) electrons. The van der Waals surface area contributed by atoms with Crippen LogP contribution in [0.4, 0.5) is 0 Å². The van der Waals surface area contributed by atoms with Gasteiger partial charge in [-0.05, 0) is 63.6 Å². The minimum atomic E-state index is -0.751. The van der Waals surface area contributed by atoms with Crippen molar-refractivity contribution in [2.75, 3.05) is 48.5 Å². The molecule has 0 aliphatic carbocycles. The van der Waals surface area contributed by atoms with Gasteiger partial charge in [0.05, 0.1) is 42.7 Å². The SMILES string of the molecule is CCC(C)C(C(CC(=O)N1CCCC1C(OC)C(C)C(=O)NCCc1ccc(C(C)=O)cc1)OC)N(C)C(=O)[C@@H](NC(=O)C(C(C)C)N(C)C)C(C)C. The molecule has 1 aromatic carbocycles. The summed E-state index contributed by atoms with van der Waals surface area (Å²) in [5, 5.41) is 6.06. The lowest BCUT2D eigenvalue weighted by atomic mass is 9.89. The predicted octanol–water partition coefficient (Wildman–Crippen LogP) is 4.20. The molecule has 1 aliphatic rings. The summed E-state index contributed by atoms with van der Waals surface area (Å²) in [6.45, 7) is 16.2. The highest BCUT2D eigenvalue weighted by Crippen LogP contribution is 2.29. The zero-order valence-corrected chi connectivity index (χ0v) is 34.7. The monoisotopic (exact) mass is 744 g/mol. The first-order valence-corrected chi connectivity index (χ1v) is 19.4. The Labute approximate surface area is 319 Å². The van der Waals surface area contributed by atoms with Crippen molar-refractivity contribution < 1.29 is 33.4 Å². The number of ether oxygens (including phenoxy) is 2. The van der Waals surface area contributed by atoms with Gasteiger partial charge >= 0.3 is 0 Å². The van der Waals surface area contributed by atoms with E-state index in [-0.39, 0.29) is 65.7 Å². The third kappa shape index (κ3) is 12.3. The Hall–Kier alpha value is -3.35. The smallest absolute Gasteiger partial charge is 0.245 e. The van der Waals surface area contributed by atoms with Crippen molar-refractivity contribution in [3.8, 4) is 0 Å². The zero-order valence-electron chi connectivity index (χ0n) is 34.7. The molecule has 1 fully saturated rings. The van der Waals surface area contributed by atoms with Gasteiger partial charge in [0, 0.05) is 39.9 Å². The third-order valence-corrected chi connectivity index (χ3v) is 11.0. The number of hydrogen-bond donors (Lipinski definition) is 2. The number of amides is 4. The van der Waals surface area contributed by atoms with Crippen molar-refractivity contribution in [3.05, 3.63) is 35.4 Å². The normalized spacial score (nSPS) is 18.6. The van der Waals surface area contributed by atoms with Gasteiger partial charge in [0.15, 0.2) is 5.78 Å². The fourth-order valence-electron chi connectivity index (χ4n) is 7.81. The third-order valence-electron chi connectivity index (χ3n) is 11.0. The minimum Gasteiger partial charge on any atom is -0.379 e. The first kappa shape index (κ1) is 45.8. The minimum absolute atomic E-state index is 0.00714. The van der Waals surface area contributed by atoms with Gasteiger partial charge in [-0.2, -0.15) is 0 Å². The number of nitrogens with zero attached hydrogens (tertiary/aromatic N) is 3. The molecule has 1 aromatic rings. The molecule has 8 atom stereocenters. The van der Waals surface area contributed by atoms with E-state index in [0.29, 0.717) is 31.5 Å². The molecule has 2 rings (SSSR count). The summed E-state index contributed by atoms with van der Waals surface area (Å²) >= 11 is 0. The van der Waals surface area contributed by atoms with Crippen LogP contribution < -0.4 is 10.6 Å². The zero-order chi connectivity index (χ0) is 40.2. The fraction of sp³-hybridized carbons (Fsp3) is 0.732. The number of carbonyl (C=O) groups excluding carboxylic acids is 5. The number of likely N-dealkylation sites (tertiary alicyclic amines) is 1. The van der Waals surface area contributed by atoms with Crippen molar-refractivity contribution in [2.45, 2.75) is 124 Å². The second kappa shape index (κ2) is 21.5. The molecule has 0 bridgehead atoms. The van der Waals surface area contributed by atoms with Crippen molar-refractivity contribution in [2.24, 2.45) is 23.7 Å². The first-order chi connectivity index (χ1) is 24.9. The van der Waals surface area contributed by atoms with Gasteiger partial charge in [-0.15, -0.1) is 0 Å². The number of benzene rings is 1. The maximum absolute atomic E-state index is 14.2. The van der Waals surface area contributed by atoms with Gasteiger partial charge in [0.1, 0.15) is 6.04 Å². The van der Waals surface area contributed by atoms with Gasteiger partial charge in [-0.3, -0.25) is 28.9 Å². The van der Waals surface area contributed by atoms with Crippen LogP contribution in [0.2, 0.25) is 0 Å². The van der Waals surface area contributed by atoms with E-state index in [1.165, 1.54) is 6.92 Å². The number of rotatable bonds is 21. The van der Waals surface area contributed by atoms with Gasteiger partial charge < -0.3 is 29.9 Å². The van der Waals surface area contributed by atoms with E-state index in [2.05, 4.69) is 17.6 Å². The lowest BCUT2D eigenvalue weighted by Crippen LogP contribution is -2.59. The highest BCUT2D eigenvalue weighted by Gasteiger charge is 2.43. The predicted molar refractivity (Wildman–Crippen MR) is 208 cm³/mol. The van der Waals surface area contributed by atoms with E-state index in [1.54, 1.807) is 38.3 Å². The molecule has 7 unspecified atom stereocenters. The van der Waals surface area contributed by atoms with Crippen LogP contribution in [-0.4, -0.2) is 129 Å². The van der Waals surface area contributed by atoms with Crippen LogP contribution in [0.1, 0.15) is 97.0 Å². The Kier molecular flexibility index (Phi) is 18.6. The molecular formula is C41H69N5O7. The lowest BCUT2D eigenvalue weighted by Gasteiger charge is -2.41. The molecule has 1 heterocycles. The van der Waals surface area contributed by atoms with Crippen molar-refractivity contribution in [3.63, 3.8) is 0 Å². The molecular weight excluding hydrogens is 674 g/mol. The standard InChI is InChI=1S/C41H69N5O7/c1-14-27(6)37(45(11)41(51)35(25(2)3)43-40(50)36(26(4)5)44(9)10)33(52-12)24-34(48)46-23-15-16-32(46)38(53-13)28(7)39(49)42-22-21-30-17-19-31(20-18-30)29(8)47/h17-20,25-28,32-33,35-38H,14-16,21-24H2,1-13H3,(H,42,49)(H,43,50)/t27?,28?,32?,33?,35-,36?,37?,38?/m0/s1. The molecule has 2 N–H and O–H groups in total. The summed E-state index contributed by atoms with van der Waals surface area (Å²) in [4.78, 5) is 72.0. The summed E-state index contributed by atoms with van der Waals surface area (Å²) in [5.74, 6) is -1.31. The Bertz CT molecular complexity index is 1340. The highest BCUT2D eigenvalue weighted by molar-refractivity contribution is 5.94. The maximum atomic E-state index is 14.2. The number of Topliss-reactive ketones (excluding diaryl/α,β-unsaturated/α-hetero) is 1. The van der Waals surface area contributed by atoms with Crippen LogP contribution in [0.25, 0.3) is 0 Å². The Morgan fingerprint density at radius 3 is 2.02 bits per heavy atom. The van der Waals surface area contributed by atoms with E-state index in [0.717, 1.165) is 18.4 Å². The molecule has 0 spiro atoms. The summed E-state index contributed by atoms with van der Waals surface area (Å²) in [6.07, 6.45) is 1.79. The molecule has 1 saturated heterocycles. The van der Waals surface area contributed by atoms with Crippen LogP contribution in [-0.2, 0) is 35.1 Å². The quantitative estimate of drug-likeness (QED) is 0.179. The molecule has 12 nitrogen and oxygen atoms in total. The summed E-state index contributed by atoms with van der Waals surface area (Å²) < 4.78 is 11.9. The second-order valence-corrected chi connectivity index (χ2v) is 15.8. The van der Waals surface area contributed by atoms with Gasteiger partial charge in [0.25, 0.3) is 0 Å². The van der Waals surface area contributed by atoms with E-state index in [9.17, 15) is 24.0 Å². The fourth-order valence-corrected chi connectivity index (χ4v) is 7.81. The van der Waals surface area contributed by atoms with Gasteiger partial charge in [-0.1, -0.05) is 79.2 Å². The van der Waals surface area contributed by atoms with Gasteiger partial charge in [0.2, 0.25) is 23.6 Å². The van der Waals surface area contributed by atoms with Crippen LogP contribution in [0.3, 0.4) is 0 Å². The molecule has 300 valence electrons. The lowest BCUT2D eigenvalue weighted by molar-refractivity contribution is -0.148. The highest BCUT2D eigenvalue weighted by atomic mass is 16.5. The molecule has 12 heteroatoms. The topological polar surface area (TPSA) is 138 Å². The summed E-state index contributed by atoms with van der Waals surface area (Å²) in [5.41, 5.74) is 1.67. The molecule has 53 heavy (non-hydrogen) atoms. The van der Waals surface area contributed by atoms with E-state index in [4.69, 9.17) is 9.47 Å². The molecule has 0 saturated carbocycles. The molecule has 1 aliphatic heterocycles. The second-order valence-electron chi connectivity index (χ2n) is 15.8. The van der Waals surface area contributed by atoms with E-state index >= 15 is 0 Å². The Morgan fingerprint density at radius 1 is 0.906 bits per heavy atom. The van der Waals surface area contributed by atoms with E-state index in [1.807, 2.05) is 77.6 Å². The average Bonchev–Trinajstić information content (AvgIpc) is 3.59. The van der Waals surface area contributed by atoms with Gasteiger partial charge in [-0.25, -0.2) is 0 Å². The van der Waals surface area contributed by atoms with Crippen LogP contribution >= 0.6 is 0 Å². The number of ketones is 1. The number of carbonyl (C=O) groups is 5. The largest absolute Gasteiger partial charge is 0.379 e. The van der Waals surface area contributed by atoms with Crippen molar-refractivity contribution >= 4 is 29.4 Å². The van der Waals surface area contributed by atoms with Crippen molar-refractivity contribution in [1.29, 1.82) is 0 Å². The van der Waals surface area contributed by atoms with Crippen LogP contribution in [0.15, 0.2) is 24.3 Å². The number of hydrogen-bond acceptors (Lipinski definition) is 8. The van der Waals surface area contributed by atoms with E-state index < -0.39 is 30.2 Å². The summed E-state index contributed by atoms with van der Waals surface area (Å²) in [7, 11) is 8.61. The molecule has 0 aromatic heterocycles.